The number of sulfonamides is 1. The summed E-state index contributed by atoms with van der Waals surface area (Å²) in [5, 5.41) is 11.3. The first kappa shape index (κ1) is 14.7. The van der Waals surface area contributed by atoms with E-state index in [9.17, 15) is 8.42 Å². The van der Waals surface area contributed by atoms with Crippen LogP contribution in [-0.2, 0) is 16.4 Å². The number of anilines is 2. The van der Waals surface area contributed by atoms with E-state index in [0.717, 1.165) is 5.56 Å². The monoisotopic (exact) mass is 303 g/mol. The van der Waals surface area contributed by atoms with Crippen LogP contribution >= 0.6 is 0 Å². The molecule has 0 spiro atoms. The fourth-order valence-corrected chi connectivity index (χ4v) is 2.53. The minimum absolute atomic E-state index is 0.0254. The highest BCUT2D eigenvalue weighted by atomic mass is 32.2. The number of hydrogen-bond acceptors (Lipinski definition) is 6. The lowest BCUT2D eigenvalue weighted by Gasteiger charge is -2.08. The SMILES string of the molecule is CNc1ncc(S(=O)(=O)Nc2ccc(CC#N)cc2)cn1. The Balaban J connectivity index is 2.18. The highest BCUT2D eigenvalue weighted by Crippen LogP contribution is 2.16. The van der Waals surface area contributed by atoms with Gasteiger partial charge < -0.3 is 5.32 Å². The fourth-order valence-electron chi connectivity index (χ4n) is 1.58. The van der Waals surface area contributed by atoms with E-state index in [1.54, 1.807) is 31.3 Å². The molecular formula is C13H13N5O2S. The van der Waals surface area contributed by atoms with Crippen molar-refractivity contribution >= 4 is 21.7 Å². The van der Waals surface area contributed by atoms with Crippen LogP contribution in [0.15, 0.2) is 41.6 Å². The van der Waals surface area contributed by atoms with Crippen LogP contribution in [0.1, 0.15) is 5.56 Å². The summed E-state index contributed by atoms with van der Waals surface area (Å²) in [6, 6.07) is 8.63. The number of nitriles is 1. The second kappa shape index (κ2) is 6.19. The van der Waals surface area contributed by atoms with Gasteiger partial charge in [-0.05, 0) is 17.7 Å². The van der Waals surface area contributed by atoms with Crippen molar-refractivity contribution < 1.29 is 8.42 Å². The Morgan fingerprint density at radius 2 is 1.81 bits per heavy atom. The average Bonchev–Trinajstić information content (AvgIpc) is 2.49. The van der Waals surface area contributed by atoms with E-state index in [-0.39, 0.29) is 11.3 Å². The van der Waals surface area contributed by atoms with Gasteiger partial charge in [-0.3, -0.25) is 4.72 Å². The van der Waals surface area contributed by atoms with Gasteiger partial charge in [0.15, 0.2) is 0 Å². The van der Waals surface area contributed by atoms with Gasteiger partial charge in [-0.1, -0.05) is 12.1 Å². The van der Waals surface area contributed by atoms with Gasteiger partial charge in [0, 0.05) is 12.7 Å². The van der Waals surface area contributed by atoms with Gasteiger partial charge in [0.05, 0.1) is 24.9 Å². The van der Waals surface area contributed by atoms with Crippen LogP contribution < -0.4 is 10.0 Å². The van der Waals surface area contributed by atoms with Gasteiger partial charge in [-0.15, -0.1) is 0 Å². The molecule has 0 saturated carbocycles. The van der Waals surface area contributed by atoms with Crippen molar-refractivity contribution in [3.63, 3.8) is 0 Å². The molecule has 0 bridgehead atoms. The number of hydrogen-bond donors (Lipinski definition) is 2. The van der Waals surface area contributed by atoms with E-state index < -0.39 is 10.0 Å². The van der Waals surface area contributed by atoms with E-state index in [2.05, 4.69) is 20.0 Å². The third-order valence-corrected chi connectivity index (χ3v) is 3.99. The summed E-state index contributed by atoms with van der Waals surface area (Å²) in [5.41, 5.74) is 1.23. The van der Waals surface area contributed by atoms with Crippen molar-refractivity contribution in [2.24, 2.45) is 0 Å². The van der Waals surface area contributed by atoms with E-state index in [1.165, 1.54) is 12.4 Å². The van der Waals surface area contributed by atoms with Gasteiger partial charge in [0.2, 0.25) is 5.95 Å². The van der Waals surface area contributed by atoms with E-state index >= 15 is 0 Å². The number of nitrogens with one attached hydrogen (secondary N) is 2. The molecule has 2 rings (SSSR count). The maximum absolute atomic E-state index is 12.1. The Hall–Kier alpha value is -2.66. The normalized spacial score (nSPS) is 10.7. The predicted octanol–water partition coefficient (Wildman–Crippen LogP) is 1.39. The molecule has 0 unspecified atom stereocenters. The molecule has 0 radical (unpaired) electrons. The van der Waals surface area contributed by atoms with Gasteiger partial charge in [0.25, 0.3) is 10.0 Å². The van der Waals surface area contributed by atoms with Crippen LogP contribution in [0, 0.1) is 11.3 Å². The Bertz CT molecular complexity index is 749. The summed E-state index contributed by atoms with van der Waals surface area (Å²) in [4.78, 5) is 7.71. The maximum atomic E-state index is 12.1. The van der Waals surface area contributed by atoms with Crippen LogP contribution in [0.25, 0.3) is 0 Å². The van der Waals surface area contributed by atoms with Gasteiger partial charge in [-0.2, -0.15) is 5.26 Å². The van der Waals surface area contributed by atoms with Crippen molar-refractivity contribution in [2.45, 2.75) is 11.3 Å². The zero-order valence-corrected chi connectivity index (χ0v) is 12.1. The molecule has 0 aliphatic heterocycles. The first-order valence-corrected chi connectivity index (χ1v) is 7.52. The zero-order valence-electron chi connectivity index (χ0n) is 11.2. The first-order valence-electron chi connectivity index (χ1n) is 6.03. The number of benzene rings is 1. The van der Waals surface area contributed by atoms with E-state index in [0.29, 0.717) is 11.6 Å². The molecule has 1 aromatic heterocycles. The molecule has 0 saturated heterocycles. The Morgan fingerprint density at radius 3 is 2.33 bits per heavy atom. The Morgan fingerprint density at radius 1 is 1.19 bits per heavy atom. The molecule has 0 atom stereocenters. The number of rotatable bonds is 5. The molecule has 0 amide bonds. The molecule has 2 aromatic rings. The van der Waals surface area contributed by atoms with Gasteiger partial charge in [0.1, 0.15) is 4.90 Å². The molecule has 8 heteroatoms. The molecule has 1 aromatic carbocycles. The van der Waals surface area contributed by atoms with Crippen LogP contribution in [-0.4, -0.2) is 25.4 Å². The lowest BCUT2D eigenvalue weighted by Crippen LogP contribution is -2.14. The largest absolute Gasteiger partial charge is 0.357 e. The van der Waals surface area contributed by atoms with Crippen molar-refractivity contribution in [2.75, 3.05) is 17.1 Å². The van der Waals surface area contributed by atoms with Crippen LogP contribution in [0.2, 0.25) is 0 Å². The minimum atomic E-state index is -3.73. The highest BCUT2D eigenvalue weighted by Gasteiger charge is 2.15. The summed E-state index contributed by atoms with van der Waals surface area (Å²) in [5.74, 6) is 0.342. The molecule has 7 nitrogen and oxygen atoms in total. The summed E-state index contributed by atoms with van der Waals surface area (Å²) in [6.45, 7) is 0. The zero-order chi connectivity index (χ0) is 15.3. The molecule has 108 valence electrons. The molecule has 0 fully saturated rings. The fraction of sp³-hybridized carbons (Fsp3) is 0.154. The van der Waals surface area contributed by atoms with E-state index in [1.807, 2.05) is 6.07 Å². The molecule has 1 heterocycles. The van der Waals surface area contributed by atoms with Gasteiger partial charge >= 0.3 is 0 Å². The maximum Gasteiger partial charge on any atom is 0.264 e. The molecule has 21 heavy (non-hydrogen) atoms. The third kappa shape index (κ3) is 3.67. The van der Waals surface area contributed by atoms with Crippen molar-refractivity contribution in [1.82, 2.24) is 9.97 Å². The van der Waals surface area contributed by atoms with Gasteiger partial charge in [-0.25, -0.2) is 18.4 Å². The predicted molar refractivity (Wildman–Crippen MR) is 78.1 cm³/mol. The molecule has 0 aliphatic carbocycles. The van der Waals surface area contributed by atoms with Crippen molar-refractivity contribution in [3.8, 4) is 6.07 Å². The van der Waals surface area contributed by atoms with E-state index in [4.69, 9.17) is 5.26 Å². The smallest absolute Gasteiger partial charge is 0.264 e. The first-order chi connectivity index (χ1) is 10.0. The summed E-state index contributed by atoms with van der Waals surface area (Å²) < 4.78 is 26.7. The minimum Gasteiger partial charge on any atom is -0.357 e. The lowest BCUT2D eigenvalue weighted by molar-refractivity contribution is 0.600. The van der Waals surface area contributed by atoms with Crippen LogP contribution in [0.5, 0.6) is 0 Å². The second-order valence-corrected chi connectivity index (χ2v) is 5.81. The lowest BCUT2D eigenvalue weighted by atomic mass is 10.1. The van der Waals surface area contributed by atoms with Crippen LogP contribution in [0.3, 0.4) is 0 Å². The van der Waals surface area contributed by atoms with Crippen molar-refractivity contribution in [3.05, 3.63) is 42.2 Å². The summed E-state index contributed by atoms with van der Waals surface area (Å²) in [6.07, 6.45) is 2.74. The Labute approximate surface area is 122 Å². The topological polar surface area (TPSA) is 108 Å². The molecule has 0 aliphatic rings. The second-order valence-electron chi connectivity index (χ2n) is 4.13. The standard InChI is InChI=1S/C13H13N5O2S/c1-15-13-16-8-12(9-17-13)21(19,20)18-11-4-2-10(3-5-11)6-7-14/h2-5,8-9,18H,6H2,1H3,(H,15,16,17). The highest BCUT2D eigenvalue weighted by molar-refractivity contribution is 7.92. The molecular weight excluding hydrogens is 290 g/mol. The van der Waals surface area contributed by atoms with Crippen LogP contribution in [0.4, 0.5) is 11.6 Å². The number of aromatic nitrogens is 2. The summed E-state index contributed by atoms with van der Waals surface area (Å²) >= 11 is 0. The summed E-state index contributed by atoms with van der Waals surface area (Å²) in [7, 11) is -2.09. The number of nitrogens with zero attached hydrogens (tertiary/aromatic N) is 3. The molecule has 2 N–H and O–H groups in total. The average molecular weight is 303 g/mol. The third-order valence-electron chi connectivity index (χ3n) is 2.65. The Kier molecular flexibility index (Phi) is 4.35. The quantitative estimate of drug-likeness (QED) is 0.864. The van der Waals surface area contributed by atoms with Crippen molar-refractivity contribution in [1.29, 1.82) is 5.26 Å².